The highest BCUT2D eigenvalue weighted by Gasteiger charge is 2.29. The van der Waals surface area contributed by atoms with E-state index in [0.29, 0.717) is 11.9 Å². The molecule has 2 aromatic rings. The number of rotatable bonds is 4. The van der Waals surface area contributed by atoms with Crippen LogP contribution in [-0.2, 0) is 0 Å². The number of aliphatic hydroxyl groups is 1. The normalized spacial score (nSPS) is 19.9. The van der Waals surface area contributed by atoms with E-state index in [4.69, 9.17) is 4.98 Å². The Balaban J connectivity index is 1.51. The first-order chi connectivity index (χ1) is 13.5. The number of hydrogen-bond donors (Lipinski definition) is 2. The zero-order chi connectivity index (χ0) is 19.7. The third-order valence-corrected chi connectivity index (χ3v) is 6.90. The molecule has 4 rings (SSSR count). The summed E-state index contributed by atoms with van der Waals surface area (Å²) in [6.07, 6.45) is 3.56. The van der Waals surface area contributed by atoms with E-state index < -0.39 is 5.97 Å². The molecule has 2 aromatic heterocycles. The lowest BCUT2D eigenvalue weighted by Gasteiger charge is -2.41. The quantitative estimate of drug-likeness (QED) is 0.819. The van der Waals surface area contributed by atoms with Gasteiger partial charge in [-0.1, -0.05) is 0 Å². The van der Waals surface area contributed by atoms with E-state index in [2.05, 4.69) is 22.8 Å². The Hall–Kier alpha value is -1.96. The minimum Gasteiger partial charge on any atom is -0.478 e. The minimum atomic E-state index is -0.927. The van der Waals surface area contributed by atoms with Gasteiger partial charge < -0.3 is 20.0 Å². The lowest BCUT2D eigenvalue weighted by molar-refractivity contribution is 0.0541. The molecule has 2 aliphatic rings. The molecule has 0 saturated carbocycles. The van der Waals surface area contributed by atoms with Crippen molar-refractivity contribution in [3.05, 3.63) is 34.7 Å². The first-order valence-electron chi connectivity index (χ1n) is 9.99. The number of piperidine rings is 2. The number of nitrogens with zero attached hydrogens (tertiary/aromatic N) is 3. The number of aliphatic hydroxyl groups excluding tert-OH is 1. The monoisotopic (exact) mass is 401 g/mol. The molecule has 28 heavy (non-hydrogen) atoms. The molecule has 0 unspecified atom stereocenters. The minimum absolute atomic E-state index is 0.151. The number of anilines is 1. The van der Waals surface area contributed by atoms with Gasteiger partial charge in [-0.2, -0.15) is 0 Å². The molecule has 4 heterocycles. The predicted octanol–water partition coefficient (Wildman–Crippen LogP) is 3.24. The second-order valence-electron chi connectivity index (χ2n) is 7.77. The van der Waals surface area contributed by atoms with Crippen LogP contribution in [0.4, 0.5) is 5.82 Å². The molecule has 0 amide bonds. The molecular weight excluding hydrogens is 374 g/mol. The fourth-order valence-corrected chi connectivity index (χ4v) is 5.10. The summed E-state index contributed by atoms with van der Waals surface area (Å²) < 4.78 is 0. The van der Waals surface area contributed by atoms with E-state index >= 15 is 0 Å². The first kappa shape index (κ1) is 19.4. The van der Waals surface area contributed by atoms with Crippen molar-refractivity contribution in [2.45, 2.75) is 44.8 Å². The van der Waals surface area contributed by atoms with Gasteiger partial charge in [0.2, 0.25) is 0 Å². The average molecular weight is 402 g/mol. The maximum Gasteiger partial charge on any atom is 0.339 e. The fraction of sp³-hybridized carbons (Fsp3) is 0.524. The standard InChI is InChI=1S/C21H27N3O3S/c1-14-2-5-19(28-14)18-4-3-17(21(26)27)20(22-18)24-10-6-15(7-11-24)23-12-8-16(25)9-13-23/h2-5,15-16,25H,6-13H2,1H3,(H,26,27). The summed E-state index contributed by atoms with van der Waals surface area (Å²) in [5.41, 5.74) is 1.11. The second kappa shape index (κ2) is 8.19. The average Bonchev–Trinajstić information content (AvgIpc) is 3.14. The van der Waals surface area contributed by atoms with E-state index in [-0.39, 0.29) is 11.7 Å². The Bertz CT molecular complexity index is 837. The van der Waals surface area contributed by atoms with Crippen LogP contribution in [0.5, 0.6) is 0 Å². The van der Waals surface area contributed by atoms with Gasteiger partial charge in [0.15, 0.2) is 0 Å². The van der Waals surface area contributed by atoms with E-state index in [9.17, 15) is 15.0 Å². The number of hydrogen-bond acceptors (Lipinski definition) is 6. The SMILES string of the molecule is Cc1ccc(-c2ccc(C(=O)O)c(N3CCC(N4CCC(O)CC4)CC3)n2)s1. The van der Waals surface area contributed by atoms with Gasteiger partial charge in [0.1, 0.15) is 11.4 Å². The van der Waals surface area contributed by atoms with Gasteiger partial charge in [0.25, 0.3) is 0 Å². The Kier molecular flexibility index (Phi) is 5.66. The van der Waals surface area contributed by atoms with E-state index in [1.807, 2.05) is 12.1 Å². The number of aromatic carboxylic acids is 1. The van der Waals surface area contributed by atoms with Gasteiger partial charge in [-0.3, -0.25) is 0 Å². The summed E-state index contributed by atoms with van der Waals surface area (Å²) in [7, 11) is 0. The maximum atomic E-state index is 11.8. The highest BCUT2D eigenvalue weighted by atomic mass is 32.1. The molecule has 0 aromatic carbocycles. The number of carboxylic acid groups (broad SMARTS) is 1. The van der Waals surface area contributed by atoms with Crippen LogP contribution in [0.15, 0.2) is 24.3 Å². The van der Waals surface area contributed by atoms with Gasteiger partial charge in [-0.15, -0.1) is 11.3 Å². The Morgan fingerprint density at radius 1 is 1.07 bits per heavy atom. The van der Waals surface area contributed by atoms with Crippen molar-refractivity contribution in [3.8, 4) is 10.6 Å². The number of pyridine rings is 1. The topological polar surface area (TPSA) is 76.9 Å². The lowest BCUT2D eigenvalue weighted by Crippen LogP contribution is -2.48. The number of carboxylic acids is 1. The van der Waals surface area contributed by atoms with Crippen LogP contribution in [0.2, 0.25) is 0 Å². The smallest absolute Gasteiger partial charge is 0.339 e. The van der Waals surface area contributed by atoms with Gasteiger partial charge >= 0.3 is 5.97 Å². The van der Waals surface area contributed by atoms with Gasteiger partial charge in [-0.05, 0) is 56.9 Å². The highest BCUT2D eigenvalue weighted by Crippen LogP contribution is 2.31. The van der Waals surface area contributed by atoms with Crippen LogP contribution >= 0.6 is 11.3 Å². The van der Waals surface area contributed by atoms with Crippen LogP contribution in [0.25, 0.3) is 10.6 Å². The van der Waals surface area contributed by atoms with Crippen molar-refractivity contribution < 1.29 is 15.0 Å². The molecule has 0 atom stereocenters. The number of likely N-dealkylation sites (tertiary alicyclic amines) is 1. The number of aryl methyl sites for hydroxylation is 1. The molecule has 6 nitrogen and oxygen atoms in total. The van der Waals surface area contributed by atoms with Crippen molar-refractivity contribution in [1.82, 2.24) is 9.88 Å². The number of thiophene rings is 1. The summed E-state index contributed by atoms with van der Waals surface area (Å²) in [6, 6.07) is 8.12. The van der Waals surface area contributed by atoms with Gasteiger partial charge in [-0.25, -0.2) is 9.78 Å². The first-order valence-corrected chi connectivity index (χ1v) is 10.8. The largest absolute Gasteiger partial charge is 0.478 e. The van der Waals surface area contributed by atoms with Gasteiger partial charge in [0, 0.05) is 37.1 Å². The predicted molar refractivity (Wildman–Crippen MR) is 111 cm³/mol. The maximum absolute atomic E-state index is 11.8. The second-order valence-corrected chi connectivity index (χ2v) is 9.06. The molecule has 2 fully saturated rings. The number of carbonyl (C=O) groups is 1. The molecule has 2 saturated heterocycles. The molecular formula is C21H27N3O3S. The summed E-state index contributed by atoms with van der Waals surface area (Å²) in [5, 5.41) is 19.4. The Morgan fingerprint density at radius 3 is 2.39 bits per heavy atom. The summed E-state index contributed by atoms with van der Waals surface area (Å²) in [5.74, 6) is -0.341. The summed E-state index contributed by atoms with van der Waals surface area (Å²) in [6.45, 7) is 5.59. The van der Waals surface area contributed by atoms with Crippen molar-refractivity contribution in [1.29, 1.82) is 0 Å². The Morgan fingerprint density at radius 2 is 1.79 bits per heavy atom. The third-order valence-electron chi connectivity index (χ3n) is 5.88. The molecule has 2 N–H and O–H groups in total. The lowest BCUT2D eigenvalue weighted by atomic mass is 9.98. The molecule has 0 spiro atoms. The fourth-order valence-electron chi connectivity index (χ4n) is 4.26. The number of aromatic nitrogens is 1. The van der Waals surface area contributed by atoms with E-state index in [1.54, 1.807) is 17.4 Å². The van der Waals surface area contributed by atoms with Crippen molar-refractivity contribution >= 4 is 23.1 Å². The van der Waals surface area contributed by atoms with Crippen LogP contribution in [0.3, 0.4) is 0 Å². The molecule has 0 aliphatic carbocycles. The van der Waals surface area contributed by atoms with Crippen molar-refractivity contribution in [2.75, 3.05) is 31.1 Å². The third kappa shape index (κ3) is 4.06. The van der Waals surface area contributed by atoms with Crippen molar-refractivity contribution in [3.63, 3.8) is 0 Å². The van der Waals surface area contributed by atoms with E-state index in [0.717, 1.165) is 62.4 Å². The van der Waals surface area contributed by atoms with E-state index in [1.165, 1.54) is 4.88 Å². The zero-order valence-electron chi connectivity index (χ0n) is 16.2. The molecule has 0 radical (unpaired) electrons. The summed E-state index contributed by atoms with van der Waals surface area (Å²) in [4.78, 5) is 23.4. The molecule has 2 aliphatic heterocycles. The van der Waals surface area contributed by atoms with Crippen LogP contribution in [0, 0.1) is 6.92 Å². The molecule has 0 bridgehead atoms. The van der Waals surface area contributed by atoms with Crippen LogP contribution in [-0.4, -0.2) is 64.4 Å². The zero-order valence-corrected chi connectivity index (χ0v) is 17.0. The molecule has 150 valence electrons. The molecule has 7 heteroatoms. The Labute approximate surface area is 169 Å². The highest BCUT2D eigenvalue weighted by molar-refractivity contribution is 7.15. The summed E-state index contributed by atoms with van der Waals surface area (Å²) >= 11 is 1.67. The van der Waals surface area contributed by atoms with Crippen molar-refractivity contribution in [2.24, 2.45) is 0 Å². The van der Waals surface area contributed by atoms with Gasteiger partial charge in [0.05, 0.1) is 16.7 Å². The van der Waals surface area contributed by atoms with Crippen LogP contribution < -0.4 is 4.90 Å². The van der Waals surface area contributed by atoms with Crippen LogP contribution in [0.1, 0.15) is 40.9 Å².